The van der Waals surface area contributed by atoms with Crippen LogP contribution in [0.4, 0.5) is 0 Å². The summed E-state index contributed by atoms with van der Waals surface area (Å²) in [5.74, 6) is 0.469. The molecular weight excluding hydrogens is 295 g/mol. The molecule has 2 aromatic rings. The van der Waals surface area contributed by atoms with Gasteiger partial charge in [0.2, 0.25) is 0 Å². The lowest BCUT2D eigenvalue weighted by atomic mass is 10.2. The Hall–Kier alpha value is -1.42. The number of aliphatic hydroxyl groups is 1. The van der Waals surface area contributed by atoms with E-state index < -0.39 is 0 Å². The van der Waals surface area contributed by atoms with Crippen molar-refractivity contribution >= 4 is 35.4 Å². The van der Waals surface area contributed by atoms with Crippen LogP contribution in [0.2, 0.25) is 10.3 Å². The molecule has 20 heavy (non-hydrogen) atoms. The van der Waals surface area contributed by atoms with Gasteiger partial charge in [0.1, 0.15) is 10.3 Å². The fourth-order valence-electron chi connectivity index (χ4n) is 1.72. The summed E-state index contributed by atoms with van der Waals surface area (Å²) in [5, 5.41) is 9.51. The number of hydrogen-bond acceptors (Lipinski definition) is 3. The van der Waals surface area contributed by atoms with Gasteiger partial charge in [0, 0.05) is 12.2 Å². The molecule has 0 saturated carbocycles. The second-order valence-corrected chi connectivity index (χ2v) is 4.93. The maximum Gasteiger partial charge on any atom is 0.155 e. The SMILES string of the molecule is OCCCc1c(Cl)nc(C=Cc2ccccc2)nc1Cl. The Labute approximate surface area is 127 Å². The van der Waals surface area contributed by atoms with E-state index in [4.69, 9.17) is 28.3 Å². The van der Waals surface area contributed by atoms with Crippen LogP contribution in [0, 0.1) is 0 Å². The van der Waals surface area contributed by atoms with Crippen LogP contribution in [-0.2, 0) is 6.42 Å². The third-order valence-electron chi connectivity index (χ3n) is 2.73. The second-order valence-electron chi connectivity index (χ2n) is 4.21. The Bertz CT molecular complexity index is 577. The number of aromatic nitrogens is 2. The molecule has 1 N–H and O–H groups in total. The minimum Gasteiger partial charge on any atom is -0.396 e. The van der Waals surface area contributed by atoms with Gasteiger partial charge in [-0.1, -0.05) is 59.6 Å². The van der Waals surface area contributed by atoms with E-state index in [2.05, 4.69) is 9.97 Å². The third kappa shape index (κ3) is 4.04. The summed E-state index contributed by atoms with van der Waals surface area (Å²) in [7, 11) is 0. The Morgan fingerprint density at radius 3 is 2.25 bits per heavy atom. The molecule has 1 aromatic heterocycles. The molecule has 0 aliphatic heterocycles. The Kier molecular flexibility index (Phi) is 5.53. The first kappa shape index (κ1) is 15.0. The number of halogens is 2. The van der Waals surface area contributed by atoms with Crippen molar-refractivity contribution in [2.75, 3.05) is 6.61 Å². The van der Waals surface area contributed by atoms with Crippen LogP contribution in [-0.4, -0.2) is 21.7 Å². The smallest absolute Gasteiger partial charge is 0.155 e. The summed E-state index contributed by atoms with van der Waals surface area (Å²) in [6, 6.07) is 9.83. The number of nitrogens with zero attached hydrogens (tertiary/aromatic N) is 2. The Morgan fingerprint density at radius 1 is 1.00 bits per heavy atom. The van der Waals surface area contributed by atoms with Gasteiger partial charge in [-0.15, -0.1) is 0 Å². The highest BCUT2D eigenvalue weighted by molar-refractivity contribution is 6.34. The summed E-state index contributed by atoms with van der Waals surface area (Å²) in [5.41, 5.74) is 1.73. The average Bonchev–Trinajstić information content (AvgIpc) is 2.45. The molecule has 0 radical (unpaired) electrons. The first-order valence-corrected chi connectivity index (χ1v) is 7.02. The third-order valence-corrected chi connectivity index (χ3v) is 3.36. The van der Waals surface area contributed by atoms with E-state index in [1.807, 2.05) is 36.4 Å². The van der Waals surface area contributed by atoms with Crippen molar-refractivity contribution in [2.24, 2.45) is 0 Å². The zero-order valence-corrected chi connectivity index (χ0v) is 12.3. The highest BCUT2D eigenvalue weighted by Crippen LogP contribution is 2.23. The first-order chi connectivity index (χ1) is 9.70. The van der Waals surface area contributed by atoms with E-state index in [1.54, 1.807) is 6.08 Å². The van der Waals surface area contributed by atoms with E-state index in [0.717, 1.165) is 5.56 Å². The molecule has 0 aliphatic carbocycles. The van der Waals surface area contributed by atoms with Crippen LogP contribution in [0.5, 0.6) is 0 Å². The van der Waals surface area contributed by atoms with Crippen molar-refractivity contribution in [1.82, 2.24) is 9.97 Å². The predicted octanol–water partition coefficient (Wildman–Crippen LogP) is 3.88. The van der Waals surface area contributed by atoms with Crippen molar-refractivity contribution in [3.63, 3.8) is 0 Å². The van der Waals surface area contributed by atoms with Gasteiger partial charge in [0.05, 0.1) is 0 Å². The van der Waals surface area contributed by atoms with E-state index in [-0.39, 0.29) is 6.61 Å². The zero-order valence-electron chi connectivity index (χ0n) is 10.8. The minimum absolute atomic E-state index is 0.0856. The average molecular weight is 309 g/mol. The molecule has 0 bridgehead atoms. The van der Waals surface area contributed by atoms with Crippen LogP contribution in [0.3, 0.4) is 0 Å². The summed E-state index contributed by atoms with van der Waals surface area (Å²) < 4.78 is 0. The van der Waals surface area contributed by atoms with E-state index in [0.29, 0.717) is 34.5 Å². The van der Waals surface area contributed by atoms with Crippen molar-refractivity contribution in [2.45, 2.75) is 12.8 Å². The zero-order chi connectivity index (χ0) is 14.4. The van der Waals surface area contributed by atoms with E-state index >= 15 is 0 Å². The molecule has 104 valence electrons. The molecular formula is C15H14Cl2N2O. The highest BCUT2D eigenvalue weighted by atomic mass is 35.5. The molecule has 0 amide bonds. The number of aliphatic hydroxyl groups excluding tert-OH is 1. The molecule has 1 aromatic carbocycles. The molecule has 0 fully saturated rings. The molecule has 0 spiro atoms. The van der Waals surface area contributed by atoms with Crippen LogP contribution in [0.25, 0.3) is 12.2 Å². The molecule has 0 atom stereocenters. The summed E-state index contributed by atoms with van der Waals surface area (Å²) >= 11 is 12.2. The molecule has 1 heterocycles. The Morgan fingerprint density at radius 2 is 1.65 bits per heavy atom. The molecule has 2 rings (SSSR count). The summed E-state index contributed by atoms with van der Waals surface area (Å²) in [6.07, 6.45) is 4.82. The van der Waals surface area contributed by atoms with Crippen molar-refractivity contribution in [1.29, 1.82) is 0 Å². The van der Waals surface area contributed by atoms with Gasteiger partial charge in [0.25, 0.3) is 0 Å². The summed E-state index contributed by atoms with van der Waals surface area (Å²) in [4.78, 5) is 8.41. The maximum atomic E-state index is 8.84. The fourth-order valence-corrected chi connectivity index (χ4v) is 2.31. The lowest BCUT2D eigenvalue weighted by molar-refractivity contribution is 0.288. The van der Waals surface area contributed by atoms with Gasteiger partial charge < -0.3 is 5.11 Å². The maximum absolute atomic E-state index is 8.84. The van der Waals surface area contributed by atoms with Crippen LogP contribution in [0.15, 0.2) is 30.3 Å². The normalized spacial score (nSPS) is 11.2. The highest BCUT2D eigenvalue weighted by Gasteiger charge is 2.10. The number of benzene rings is 1. The lowest BCUT2D eigenvalue weighted by Gasteiger charge is -2.05. The second kappa shape index (κ2) is 7.39. The van der Waals surface area contributed by atoms with Crippen LogP contribution >= 0.6 is 23.2 Å². The van der Waals surface area contributed by atoms with Gasteiger partial charge in [-0.3, -0.25) is 0 Å². The Balaban J connectivity index is 2.20. The van der Waals surface area contributed by atoms with Crippen molar-refractivity contribution in [3.05, 3.63) is 57.6 Å². The van der Waals surface area contributed by atoms with E-state index in [1.165, 1.54) is 0 Å². The minimum atomic E-state index is 0.0856. The molecule has 3 nitrogen and oxygen atoms in total. The number of hydrogen-bond donors (Lipinski definition) is 1. The van der Waals surface area contributed by atoms with Gasteiger partial charge in [-0.05, 0) is 24.5 Å². The fraction of sp³-hybridized carbons (Fsp3) is 0.200. The predicted molar refractivity (Wildman–Crippen MR) is 82.8 cm³/mol. The monoisotopic (exact) mass is 308 g/mol. The molecule has 0 saturated heterocycles. The van der Waals surface area contributed by atoms with Gasteiger partial charge in [0.15, 0.2) is 5.82 Å². The van der Waals surface area contributed by atoms with Crippen LogP contribution < -0.4 is 0 Å². The van der Waals surface area contributed by atoms with Crippen LogP contribution in [0.1, 0.15) is 23.4 Å². The molecule has 0 unspecified atom stereocenters. The van der Waals surface area contributed by atoms with Gasteiger partial charge >= 0.3 is 0 Å². The standard InChI is InChI=1S/C15H14Cl2N2O/c16-14-12(7-4-10-20)15(17)19-13(18-14)9-8-11-5-2-1-3-6-11/h1-3,5-6,8-9,20H,4,7,10H2. The molecule has 5 heteroatoms. The van der Waals surface area contributed by atoms with Gasteiger partial charge in [-0.25, -0.2) is 9.97 Å². The molecule has 0 aliphatic rings. The van der Waals surface area contributed by atoms with Crippen molar-refractivity contribution < 1.29 is 5.11 Å². The van der Waals surface area contributed by atoms with Crippen molar-refractivity contribution in [3.8, 4) is 0 Å². The first-order valence-electron chi connectivity index (χ1n) is 6.26. The quantitative estimate of drug-likeness (QED) is 0.853. The van der Waals surface area contributed by atoms with Gasteiger partial charge in [-0.2, -0.15) is 0 Å². The van der Waals surface area contributed by atoms with E-state index in [9.17, 15) is 0 Å². The topological polar surface area (TPSA) is 46.0 Å². The lowest BCUT2D eigenvalue weighted by Crippen LogP contribution is -1.99. The number of rotatable bonds is 5. The largest absolute Gasteiger partial charge is 0.396 e. The summed E-state index contributed by atoms with van der Waals surface area (Å²) in [6.45, 7) is 0.0856.